The third kappa shape index (κ3) is 4.95. The van der Waals surface area contributed by atoms with Crippen molar-refractivity contribution in [3.8, 4) is 11.5 Å². The molecule has 0 radical (unpaired) electrons. The Hall–Kier alpha value is -2.73. The fraction of sp³-hybridized carbons (Fsp3) is 0.333. The number of carbonyl (C=O) groups excluding carboxylic acids is 2. The van der Waals surface area contributed by atoms with Gasteiger partial charge in [-0.3, -0.25) is 9.59 Å². The molecule has 0 aliphatic carbocycles. The molecule has 3 rings (SSSR count). The number of halogens is 1. The van der Waals surface area contributed by atoms with Gasteiger partial charge in [-0.15, -0.1) is 0 Å². The molecule has 0 bridgehead atoms. The third-order valence-corrected chi connectivity index (χ3v) is 4.90. The lowest BCUT2D eigenvalue weighted by atomic mass is 10.2. The van der Waals surface area contributed by atoms with Gasteiger partial charge in [0.25, 0.3) is 11.8 Å². The Balaban J connectivity index is 1.55. The fourth-order valence-electron chi connectivity index (χ4n) is 3.11. The summed E-state index contributed by atoms with van der Waals surface area (Å²) >= 11 is 5.89. The maximum atomic E-state index is 12.7. The van der Waals surface area contributed by atoms with Crippen molar-refractivity contribution < 1.29 is 19.1 Å². The topological polar surface area (TPSA) is 59.1 Å². The fourth-order valence-corrected chi connectivity index (χ4v) is 3.24. The van der Waals surface area contributed by atoms with Crippen molar-refractivity contribution >= 4 is 23.4 Å². The Labute approximate surface area is 169 Å². The number of methoxy groups -OCH3 is 1. The summed E-state index contributed by atoms with van der Waals surface area (Å²) in [6, 6.07) is 14.1. The molecule has 2 aromatic carbocycles. The van der Waals surface area contributed by atoms with Gasteiger partial charge < -0.3 is 19.3 Å². The highest BCUT2D eigenvalue weighted by molar-refractivity contribution is 6.30. The molecule has 0 atom stereocenters. The minimum Gasteiger partial charge on any atom is -0.493 e. The van der Waals surface area contributed by atoms with Crippen LogP contribution in [0.5, 0.6) is 11.5 Å². The van der Waals surface area contributed by atoms with E-state index in [1.165, 1.54) is 0 Å². The lowest BCUT2D eigenvalue weighted by molar-refractivity contribution is -0.133. The van der Waals surface area contributed by atoms with Gasteiger partial charge in [0.1, 0.15) is 0 Å². The van der Waals surface area contributed by atoms with Crippen LogP contribution in [0.1, 0.15) is 16.8 Å². The summed E-state index contributed by atoms with van der Waals surface area (Å²) in [5, 5.41) is 0.597. The van der Waals surface area contributed by atoms with Crippen LogP contribution in [-0.4, -0.2) is 61.5 Å². The van der Waals surface area contributed by atoms with E-state index in [1.807, 2.05) is 12.1 Å². The zero-order chi connectivity index (χ0) is 19.9. The molecule has 2 aromatic rings. The molecule has 1 aliphatic rings. The quantitative estimate of drug-likeness (QED) is 0.771. The van der Waals surface area contributed by atoms with E-state index in [1.54, 1.807) is 53.3 Å². The van der Waals surface area contributed by atoms with Crippen LogP contribution in [0.15, 0.2) is 48.5 Å². The summed E-state index contributed by atoms with van der Waals surface area (Å²) in [4.78, 5) is 28.7. The normalized spacial score (nSPS) is 14.4. The van der Waals surface area contributed by atoms with Gasteiger partial charge in [-0.2, -0.15) is 0 Å². The molecule has 1 aliphatic heterocycles. The second kappa shape index (κ2) is 9.46. The van der Waals surface area contributed by atoms with Gasteiger partial charge in [-0.1, -0.05) is 23.7 Å². The molecule has 1 heterocycles. The van der Waals surface area contributed by atoms with Gasteiger partial charge >= 0.3 is 0 Å². The van der Waals surface area contributed by atoms with Crippen molar-refractivity contribution in [1.82, 2.24) is 9.80 Å². The number of amides is 2. The minimum absolute atomic E-state index is 0.0452. The first kappa shape index (κ1) is 20.0. The van der Waals surface area contributed by atoms with Gasteiger partial charge in [0.05, 0.1) is 7.11 Å². The Morgan fingerprint density at radius 1 is 0.929 bits per heavy atom. The van der Waals surface area contributed by atoms with Gasteiger partial charge in [-0.25, -0.2) is 0 Å². The third-order valence-electron chi connectivity index (χ3n) is 4.65. The first-order chi connectivity index (χ1) is 13.6. The zero-order valence-corrected chi connectivity index (χ0v) is 16.5. The van der Waals surface area contributed by atoms with Gasteiger partial charge in [-0.05, 0) is 42.8 Å². The molecule has 0 spiro atoms. The van der Waals surface area contributed by atoms with E-state index in [0.717, 1.165) is 6.42 Å². The smallest absolute Gasteiger partial charge is 0.260 e. The van der Waals surface area contributed by atoms with E-state index >= 15 is 0 Å². The SMILES string of the molecule is COc1ccccc1OCC(=O)N1CCCN(C(=O)c2ccc(Cl)cc2)CC1. The molecule has 0 saturated carbocycles. The van der Waals surface area contributed by atoms with Gasteiger partial charge in [0.2, 0.25) is 0 Å². The van der Waals surface area contributed by atoms with Crippen molar-refractivity contribution in [1.29, 1.82) is 0 Å². The van der Waals surface area contributed by atoms with Crippen LogP contribution in [0.3, 0.4) is 0 Å². The highest BCUT2D eigenvalue weighted by Gasteiger charge is 2.23. The molecule has 28 heavy (non-hydrogen) atoms. The summed E-state index contributed by atoms with van der Waals surface area (Å²) in [6.45, 7) is 2.11. The molecule has 0 N–H and O–H groups in total. The van der Waals surface area contributed by atoms with Crippen molar-refractivity contribution in [2.75, 3.05) is 39.9 Å². The number of ether oxygens (including phenoxy) is 2. The molecule has 1 fully saturated rings. The number of hydrogen-bond donors (Lipinski definition) is 0. The number of rotatable bonds is 5. The van der Waals surface area contributed by atoms with Crippen LogP contribution in [0.25, 0.3) is 0 Å². The minimum atomic E-state index is -0.105. The predicted molar refractivity (Wildman–Crippen MR) is 107 cm³/mol. The van der Waals surface area contributed by atoms with Crippen LogP contribution in [0.4, 0.5) is 0 Å². The molecule has 148 valence electrons. The first-order valence-corrected chi connectivity index (χ1v) is 9.54. The summed E-state index contributed by atoms with van der Waals surface area (Å²) in [5.41, 5.74) is 0.601. The molecule has 1 saturated heterocycles. The standard InChI is InChI=1S/C21H23ClN2O4/c1-27-18-5-2-3-6-19(18)28-15-20(25)23-11-4-12-24(14-13-23)21(26)16-7-9-17(22)10-8-16/h2-3,5-10H,4,11-15H2,1H3. The largest absolute Gasteiger partial charge is 0.493 e. The highest BCUT2D eigenvalue weighted by atomic mass is 35.5. The highest BCUT2D eigenvalue weighted by Crippen LogP contribution is 2.25. The zero-order valence-electron chi connectivity index (χ0n) is 15.8. The van der Waals surface area contributed by atoms with E-state index in [9.17, 15) is 9.59 Å². The number of benzene rings is 2. The Morgan fingerprint density at radius 2 is 1.57 bits per heavy atom. The monoisotopic (exact) mass is 402 g/mol. The molecule has 7 heteroatoms. The summed E-state index contributed by atoms with van der Waals surface area (Å²) in [5.74, 6) is 0.974. The van der Waals surface area contributed by atoms with E-state index in [4.69, 9.17) is 21.1 Å². The summed E-state index contributed by atoms with van der Waals surface area (Å²) in [7, 11) is 1.56. The lowest BCUT2D eigenvalue weighted by Crippen LogP contribution is -2.39. The average molecular weight is 403 g/mol. The Kier molecular flexibility index (Phi) is 6.76. The number of para-hydroxylation sites is 2. The molecule has 0 aromatic heterocycles. The first-order valence-electron chi connectivity index (χ1n) is 9.17. The molecule has 6 nitrogen and oxygen atoms in total. The van der Waals surface area contributed by atoms with Gasteiger partial charge in [0, 0.05) is 36.8 Å². The van der Waals surface area contributed by atoms with Crippen LogP contribution in [0.2, 0.25) is 5.02 Å². The van der Waals surface area contributed by atoms with E-state index in [2.05, 4.69) is 0 Å². The Morgan fingerprint density at radius 3 is 2.29 bits per heavy atom. The Bertz CT molecular complexity index is 825. The van der Waals surface area contributed by atoms with E-state index in [-0.39, 0.29) is 18.4 Å². The second-order valence-electron chi connectivity index (χ2n) is 6.47. The van der Waals surface area contributed by atoms with Crippen LogP contribution < -0.4 is 9.47 Å². The molecule has 2 amide bonds. The summed E-state index contributed by atoms with van der Waals surface area (Å²) < 4.78 is 10.9. The van der Waals surface area contributed by atoms with E-state index in [0.29, 0.717) is 48.3 Å². The number of carbonyl (C=O) groups is 2. The molecule has 0 unspecified atom stereocenters. The lowest BCUT2D eigenvalue weighted by Gasteiger charge is -2.22. The van der Waals surface area contributed by atoms with Crippen LogP contribution >= 0.6 is 11.6 Å². The van der Waals surface area contributed by atoms with Crippen molar-refractivity contribution in [2.45, 2.75) is 6.42 Å². The number of hydrogen-bond acceptors (Lipinski definition) is 4. The second-order valence-corrected chi connectivity index (χ2v) is 6.91. The van der Waals surface area contributed by atoms with Crippen molar-refractivity contribution in [2.24, 2.45) is 0 Å². The van der Waals surface area contributed by atoms with Crippen LogP contribution in [-0.2, 0) is 4.79 Å². The average Bonchev–Trinajstić information content (AvgIpc) is 2.98. The van der Waals surface area contributed by atoms with Crippen LogP contribution in [0, 0.1) is 0 Å². The van der Waals surface area contributed by atoms with Gasteiger partial charge in [0.15, 0.2) is 18.1 Å². The molecular formula is C21H23ClN2O4. The molecular weight excluding hydrogens is 380 g/mol. The maximum absolute atomic E-state index is 12.7. The van der Waals surface area contributed by atoms with Crippen molar-refractivity contribution in [3.05, 3.63) is 59.1 Å². The van der Waals surface area contributed by atoms with E-state index < -0.39 is 0 Å². The predicted octanol–water partition coefficient (Wildman–Crippen LogP) is 3.10. The number of nitrogens with zero attached hydrogens (tertiary/aromatic N) is 2. The summed E-state index contributed by atoms with van der Waals surface area (Å²) in [6.07, 6.45) is 0.722. The van der Waals surface area contributed by atoms with Crippen molar-refractivity contribution in [3.63, 3.8) is 0 Å². The maximum Gasteiger partial charge on any atom is 0.260 e.